The van der Waals surface area contributed by atoms with Crippen molar-refractivity contribution in [1.29, 1.82) is 0 Å². The molecule has 28 heavy (non-hydrogen) atoms. The zero-order valence-electron chi connectivity index (χ0n) is 14.8. The summed E-state index contributed by atoms with van der Waals surface area (Å²) in [6, 6.07) is 18.5. The van der Waals surface area contributed by atoms with Gasteiger partial charge in [0.2, 0.25) is 0 Å². The van der Waals surface area contributed by atoms with Crippen molar-refractivity contribution >= 4 is 44.5 Å². The Bertz CT molecular complexity index is 1180. The molecule has 3 aromatic carbocycles. The van der Waals surface area contributed by atoms with Crippen molar-refractivity contribution in [3.05, 3.63) is 77.4 Å². The molecule has 0 bridgehead atoms. The highest BCUT2D eigenvalue weighted by atomic mass is 32.2. The third-order valence-electron chi connectivity index (χ3n) is 4.28. The van der Waals surface area contributed by atoms with Crippen molar-refractivity contribution in [1.82, 2.24) is 5.06 Å². The summed E-state index contributed by atoms with van der Waals surface area (Å²) in [5.41, 5.74) is 1.63. The number of carbonyl (C=O) groups excluding carboxylic acids is 2. The van der Waals surface area contributed by atoms with Gasteiger partial charge in [-0.15, -0.1) is 21.1 Å². The maximum atomic E-state index is 12.7. The fourth-order valence-electron chi connectivity index (χ4n) is 3.11. The topological polar surface area (TPSA) is 80.8 Å². The van der Waals surface area contributed by atoms with Crippen molar-refractivity contribution in [2.45, 2.75) is 10.6 Å². The predicted molar refractivity (Wildman–Crippen MR) is 106 cm³/mol. The molecule has 0 aromatic heterocycles. The Morgan fingerprint density at radius 1 is 0.893 bits per heavy atom. The Kier molecular flexibility index (Phi) is 4.70. The van der Waals surface area contributed by atoms with Crippen molar-refractivity contribution < 1.29 is 22.3 Å². The van der Waals surface area contributed by atoms with E-state index in [0.717, 1.165) is 27.9 Å². The van der Waals surface area contributed by atoms with Gasteiger partial charge in [-0.05, 0) is 29.1 Å². The molecule has 2 amide bonds. The van der Waals surface area contributed by atoms with Gasteiger partial charge in [0.05, 0.1) is 17.4 Å². The summed E-state index contributed by atoms with van der Waals surface area (Å²) in [6.07, 6.45) is 0.785. The zero-order valence-corrected chi connectivity index (χ0v) is 16.4. The molecule has 1 aliphatic heterocycles. The molecule has 142 valence electrons. The lowest BCUT2D eigenvalue weighted by Gasteiger charge is -2.25. The largest absolute Gasteiger partial charge is 0.286 e. The van der Waals surface area contributed by atoms with Gasteiger partial charge >= 0.3 is 0 Å². The maximum Gasteiger partial charge on any atom is 0.286 e. The summed E-state index contributed by atoms with van der Waals surface area (Å²) in [7, 11) is -4.03. The highest BCUT2D eigenvalue weighted by molar-refractivity contribution is 7.98. The van der Waals surface area contributed by atoms with Crippen molar-refractivity contribution in [2.24, 2.45) is 0 Å². The summed E-state index contributed by atoms with van der Waals surface area (Å²) in [6.45, 7) is 0. The molecule has 0 saturated carbocycles. The summed E-state index contributed by atoms with van der Waals surface area (Å²) >= 11 is 1.60. The summed E-state index contributed by atoms with van der Waals surface area (Å²) in [5.74, 6) is -0.845. The molecule has 0 aliphatic carbocycles. The Morgan fingerprint density at radius 2 is 1.57 bits per heavy atom. The van der Waals surface area contributed by atoms with Gasteiger partial charge in [0.15, 0.2) is 0 Å². The first-order chi connectivity index (χ1) is 13.3. The number of hydrogen-bond acceptors (Lipinski definition) is 6. The van der Waals surface area contributed by atoms with Gasteiger partial charge in [0.1, 0.15) is 0 Å². The molecule has 0 unspecified atom stereocenters. The minimum Gasteiger partial charge on any atom is -0.266 e. The first-order valence-electron chi connectivity index (χ1n) is 8.36. The molecule has 0 saturated heterocycles. The Balaban J connectivity index is 1.77. The van der Waals surface area contributed by atoms with Crippen LogP contribution in [-0.2, 0) is 20.2 Å². The molecule has 6 nitrogen and oxygen atoms in total. The van der Waals surface area contributed by atoms with E-state index >= 15 is 0 Å². The van der Waals surface area contributed by atoms with Crippen LogP contribution in [0, 0.1) is 0 Å². The van der Waals surface area contributed by atoms with Gasteiger partial charge in [-0.3, -0.25) is 9.59 Å². The molecule has 0 spiro atoms. The second-order valence-corrected chi connectivity index (χ2v) is 8.87. The summed E-state index contributed by atoms with van der Waals surface area (Å²) < 4.78 is 27.5. The molecule has 1 heterocycles. The third kappa shape index (κ3) is 3.42. The zero-order chi connectivity index (χ0) is 19.9. The minimum atomic E-state index is -4.03. The molecule has 3 aromatic rings. The highest BCUT2D eigenvalue weighted by Gasteiger charge is 2.36. The van der Waals surface area contributed by atoms with E-state index in [1.54, 1.807) is 36.0 Å². The fraction of sp³-hybridized carbons (Fsp3) is 0.100. The maximum absolute atomic E-state index is 12.7. The Morgan fingerprint density at radius 3 is 2.25 bits per heavy atom. The van der Waals surface area contributed by atoms with E-state index in [0.29, 0.717) is 10.4 Å². The average Bonchev–Trinajstić information content (AvgIpc) is 2.68. The number of amides is 2. The minimum absolute atomic E-state index is 0.234. The summed E-state index contributed by atoms with van der Waals surface area (Å²) in [4.78, 5) is 26.3. The van der Waals surface area contributed by atoms with Crippen LogP contribution in [0.15, 0.2) is 65.6 Å². The van der Waals surface area contributed by atoms with Crippen LogP contribution < -0.4 is 0 Å². The Hall–Kier alpha value is -2.68. The molecular weight excluding hydrogens is 398 g/mol. The quantitative estimate of drug-likeness (QED) is 0.469. The Labute approximate surface area is 166 Å². The van der Waals surface area contributed by atoms with E-state index in [4.69, 9.17) is 0 Å². The third-order valence-corrected chi connectivity index (χ3v) is 5.84. The lowest BCUT2D eigenvalue weighted by molar-refractivity contribution is -0.0149. The van der Waals surface area contributed by atoms with Gasteiger partial charge in [-0.25, -0.2) is 0 Å². The monoisotopic (exact) mass is 413 g/mol. The van der Waals surface area contributed by atoms with Crippen LogP contribution in [-0.4, -0.2) is 31.6 Å². The first-order valence-corrected chi connectivity index (χ1v) is 11.2. The van der Waals surface area contributed by atoms with E-state index in [1.165, 1.54) is 0 Å². The van der Waals surface area contributed by atoms with Gasteiger partial charge in [0.25, 0.3) is 21.9 Å². The molecule has 4 rings (SSSR count). The second-order valence-electron chi connectivity index (χ2n) is 6.30. The number of hydroxylamine groups is 2. The lowest BCUT2D eigenvalue weighted by atomic mass is 9.95. The molecule has 0 atom stereocenters. The van der Waals surface area contributed by atoms with Crippen LogP contribution in [0.2, 0.25) is 0 Å². The number of benzene rings is 3. The van der Waals surface area contributed by atoms with Crippen LogP contribution >= 0.6 is 11.8 Å². The van der Waals surface area contributed by atoms with Gasteiger partial charge in [0, 0.05) is 16.0 Å². The van der Waals surface area contributed by atoms with Crippen LogP contribution in [0.1, 0.15) is 26.3 Å². The number of nitrogens with zero attached hydrogens (tertiary/aromatic N) is 1. The lowest BCUT2D eigenvalue weighted by Crippen LogP contribution is -2.41. The highest BCUT2D eigenvalue weighted by Crippen LogP contribution is 2.37. The predicted octanol–water partition coefficient (Wildman–Crippen LogP) is 3.62. The average molecular weight is 413 g/mol. The fourth-order valence-corrected chi connectivity index (χ4v) is 4.52. The summed E-state index contributed by atoms with van der Waals surface area (Å²) in [5, 5.41) is 1.60. The normalized spacial score (nSPS) is 14.0. The second kappa shape index (κ2) is 7.05. The standard InChI is InChI=1S/C20H15NO5S2/c1-28(24,25)26-21-19(22)15-9-5-8-14-17(11-10-16(18(14)15)20(21)23)27-12-13-6-3-2-4-7-13/h2-11H,12H2,1H3. The number of rotatable bonds is 5. The molecule has 0 radical (unpaired) electrons. The van der Waals surface area contributed by atoms with Gasteiger partial charge in [-0.2, -0.15) is 8.42 Å². The van der Waals surface area contributed by atoms with Crippen molar-refractivity contribution in [3.8, 4) is 0 Å². The molecule has 0 N–H and O–H groups in total. The van der Waals surface area contributed by atoms with Crippen molar-refractivity contribution in [2.75, 3.05) is 6.26 Å². The number of hydrogen-bond donors (Lipinski definition) is 0. The van der Waals surface area contributed by atoms with Crippen molar-refractivity contribution in [3.63, 3.8) is 0 Å². The van der Waals surface area contributed by atoms with Crippen LogP contribution in [0.3, 0.4) is 0 Å². The van der Waals surface area contributed by atoms with Gasteiger partial charge < -0.3 is 0 Å². The number of imide groups is 1. The first kappa shape index (κ1) is 18.7. The molecule has 1 aliphatic rings. The van der Waals surface area contributed by atoms with E-state index in [9.17, 15) is 18.0 Å². The molecule has 8 heteroatoms. The number of thioether (sulfide) groups is 1. The smallest absolute Gasteiger partial charge is 0.266 e. The molecular formula is C20H15NO5S2. The van der Waals surface area contributed by atoms with E-state index in [-0.39, 0.29) is 11.1 Å². The van der Waals surface area contributed by atoms with Crippen LogP contribution in [0.5, 0.6) is 0 Å². The van der Waals surface area contributed by atoms with Crippen LogP contribution in [0.25, 0.3) is 10.8 Å². The number of carbonyl (C=O) groups is 2. The SMILES string of the molecule is CS(=O)(=O)ON1C(=O)c2cccc3c(SCc4ccccc4)ccc(c23)C1=O. The van der Waals surface area contributed by atoms with Gasteiger partial charge in [-0.1, -0.05) is 42.5 Å². The molecule has 0 fully saturated rings. The van der Waals surface area contributed by atoms with E-state index in [1.807, 2.05) is 36.4 Å². The van der Waals surface area contributed by atoms with E-state index < -0.39 is 21.9 Å². The van der Waals surface area contributed by atoms with Crippen LogP contribution in [0.4, 0.5) is 0 Å². The van der Waals surface area contributed by atoms with E-state index in [2.05, 4.69) is 4.28 Å².